The second kappa shape index (κ2) is 14.8. The van der Waals surface area contributed by atoms with E-state index in [1.165, 1.54) is 17.2 Å². The van der Waals surface area contributed by atoms with Crippen LogP contribution in [-0.2, 0) is 9.59 Å². The molecule has 5 nitrogen and oxygen atoms in total. The SMILES string of the molecule is O=C(O)C(=CC=CC=CC=Cc1ccc(N(c2ccc(-c3ccccc3)cc2)c2ccc(-c3ccccc3)cc2)cc1)C(=O)O. The Kier molecular flexibility index (Phi) is 9.96. The smallest absolute Gasteiger partial charge is 0.343 e. The highest BCUT2D eigenvalue weighted by molar-refractivity contribution is 6.12. The van der Waals surface area contributed by atoms with Crippen LogP contribution in [0.4, 0.5) is 17.1 Å². The molecule has 0 aromatic heterocycles. The van der Waals surface area contributed by atoms with E-state index in [-0.39, 0.29) is 0 Å². The van der Waals surface area contributed by atoms with Crippen LogP contribution < -0.4 is 4.90 Å². The van der Waals surface area contributed by atoms with Crippen LogP contribution in [0.2, 0.25) is 0 Å². The van der Waals surface area contributed by atoms with Crippen molar-refractivity contribution in [2.45, 2.75) is 0 Å². The number of carboxylic acid groups (broad SMARTS) is 2. The number of carbonyl (C=O) groups is 2. The maximum absolute atomic E-state index is 10.9. The number of hydrogen-bond acceptors (Lipinski definition) is 3. The Morgan fingerprint density at radius 3 is 1.27 bits per heavy atom. The molecular formula is C40H31NO4. The van der Waals surface area contributed by atoms with Gasteiger partial charge in [-0.1, -0.05) is 134 Å². The molecule has 5 heteroatoms. The summed E-state index contributed by atoms with van der Waals surface area (Å²) in [5.74, 6) is -2.96. The highest BCUT2D eigenvalue weighted by Gasteiger charge is 2.14. The minimum absolute atomic E-state index is 0.691. The average molecular weight is 590 g/mol. The Morgan fingerprint density at radius 2 is 0.822 bits per heavy atom. The van der Waals surface area contributed by atoms with Gasteiger partial charge in [0, 0.05) is 17.1 Å². The van der Waals surface area contributed by atoms with Gasteiger partial charge in [0.05, 0.1) is 0 Å². The molecule has 2 N–H and O–H groups in total. The van der Waals surface area contributed by atoms with Gasteiger partial charge in [0.2, 0.25) is 0 Å². The second-order valence-corrected chi connectivity index (χ2v) is 10.1. The fraction of sp³-hybridized carbons (Fsp3) is 0. The number of hydrogen-bond donors (Lipinski definition) is 2. The zero-order valence-electron chi connectivity index (χ0n) is 24.4. The second-order valence-electron chi connectivity index (χ2n) is 10.1. The lowest BCUT2D eigenvalue weighted by atomic mass is 10.0. The number of benzene rings is 5. The van der Waals surface area contributed by atoms with Crippen molar-refractivity contribution in [3.05, 3.63) is 181 Å². The van der Waals surface area contributed by atoms with E-state index in [0.29, 0.717) is 0 Å². The first-order chi connectivity index (χ1) is 22.0. The van der Waals surface area contributed by atoms with Crippen LogP contribution in [0.5, 0.6) is 0 Å². The molecule has 220 valence electrons. The van der Waals surface area contributed by atoms with Crippen LogP contribution in [0.1, 0.15) is 5.56 Å². The van der Waals surface area contributed by atoms with Crippen molar-refractivity contribution < 1.29 is 19.8 Å². The predicted octanol–water partition coefficient (Wildman–Crippen LogP) is 9.71. The Morgan fingerprint density at radius 1 is 0.444 bits per heavy atom. The molecule has 5 rings (SSSR count). The quantitative estimate of drug-likeness (QED) is 0.0694. The maximum atomic E-state index is 10.9. The number of allylic oxidation sites excluding steroid dienone is 6. The van der Waals surface area contributed by atoms with Gasteiger partial charge in [-0.3, -0.25) is 0 Å². The number of carboxylic acids is 2. The van der Waals surface area contributed by atoms with Crippen LogP contribution >= 0.6 is 0 Å². The highest BCUT2D eigenvalue weighted by Crippen LogP contribution is 2.36. The third-order valence-corrected chi connectivity index (χ3v) is 7.07. The van der Waals surface area contributed by atoms with E-state index in [2.05, 4.69) is 89.8 Å². The standard InChI is InChI=1S/C40H31NO4/c42-39(43)38(40(44)45)17-11-3-1-2-6-12-30-18-24-35(25-19-30)41(36-26-20-33(21-27-36)31-13-7-4-8-14-31)37-28-22-34(23-29-37)32-15-9-5-10-16-32/h1-29H,(H,42,43)(H,44,45). The molecule has 5 aromatic carbocycles. The zero-order chi connectivity index (χ0) is 31.4. The molecule has 0 spiro atoms. The third kappa shape index (κ3) is 8.00. The molecule has 5 aromatic rings. The summed E-state index contributed by atoms with van der Waals surface area (Å²) in [6, 6.07) is 46.1. The van der Waals surface area contributed by atoms with Crippen LogP contribution in [0.3, 0.4) is 0 Å². The Bertz CT molecular complexity index is 1750. The van der Waals surface area contributed by atoms with Crippen molar-refractivity contribution in [3.63, 3.8) is 0 Å². The summed E-state index contributed by atoms with van der Waals surface area (Å²) in [6.07, 6.45) is 11.3. The van der Waals surface area contributed by atoms with Gasteiger partial charge in [0.25, 0.3) is 0 Å². The highest BCUT2D eigenvalue weighted by atomic mass is 16.4. The number of anilines is 3. The summed E-state index contributed by atoms with van der Waals surface area (Å²) in [4.78, 5) is 24.1. The summed E-state index contributed by atoms with van der Waals surface area (Å²) in [5, 5.41) is 17.8. The molecule has 0 saturated heterocycles. The molecule has 0 fully saturated rings. The summed E-state index contributed by atoms with van der Waals surface area (Å²) < 4.78 is 0. The van der Waals surface area contributed by atoms with Crippen LogP contribution in [0.25, 0.3) is 28.3 Å². The van der Waals surface area contributed by atoms with E-state index >= 15 is 0 Å². The van der Waals surface area contributed by atoms with Crippen molar-refractivity contribution in [3.8, 4) is 22.3 Å². The Balaban J connectivity index is 1.37. The minimum Gasteiger partial charge on any atom is -0.477 e. The first-order valence-electron chi connectivity index (χ1n) is 14.4. The fourth-order valence-electron chi connectivity index (χ4n) is 4.79. The summed E-state index contributed by atoms with van der Waals surface area (Å²) in [6.45, 7) is 0. The largest absolute Gasteiger partial charge is 0.477 e. The van der Waals surface area contributed by atoms with E-state index in [1.807, 2.05) is 60.7 Å². The van der Waals surface area contributed by atoms with Crippen LogP contribution in [-0.4, -0.2) is 22.2 Å². The molecule has 0 aliphatic rings. The van der Waals surface area contributed by atoms with E-state index < -0.39 is 17.5 Å². The maximum Gasteiger partial charge on any atom is 0.343 e. The zero-order valence-corrected chi connectivity index (χ0v) is 24.4. The van der Waals surface area contributed by atoms with Crippen molar-refractivity contribution >= 4 is 35.1 Å². The monoisotopic (exact) mass is 589 g/mol. The molecule has 0 atom stereocenters. The first kappa shape index (κ1) is 30.3. The molecule has 0 radical (unpaired) electrons. The average Bonchev–Trinajstić information content (AvgIpc) is 3.08. The molecule has 0 unspecified atom stereocenters. The summed E-state index contributed by atoms with van der Waals surface area (Å²) in [7, 11) is 0. The molecule has 45 heavy (non-hydrogen) atoms. The first-order valence-corrected chi connectivity index (χ1v) is 14.4. The van der Waals surface area contributed by atoms with Crippen molar-refractivity contribution in [2.75, 3.05) is 4.90 Å². The van der Waals surface area contributed by atoms with Gasteiger partial charge in [0.15, 0.2) is 0 Å². The molecule has 0 amide bonds. The number of nitrogens with zero attached hydrogens (tertiary/aromatic N) is 1. The lowest BCUT2D eigenvalue weighted by molar-refractivity contribution is -0.140. The normalized spacial score (nSPS) is 11.2. The van der Waals surface area contributed by atoms with E-state index in [1.54, 1.807) is 18.2 Å². The van der Waals surface area contributed by atoms with E-state index in [4.69, 9.17) is 10.2 Å². The molecule has 0 bridgehead atoms. The lowest BCUT2D eigenvalue weighted by Gasteiger charge is -2.26. The Hall–Kier alpha value is -6.20. The van der Waals surface area contributed by atoms with Gasteiger partial charge in [-0.15, -0.1) is 0 Å². The van der Waals surface area contributed by atoms with E-state index in [9.17, 15) is 9.59 Å². The van der Waals surface area contributed by atoms with Crippen molar-refractivity contribution in [1.82, 2.24) is 0 Å². The number of aliphatic carboxylic acids is 2. The predicted molar refractivity (Wildman–Crippen MR) is 183 cm³/mol. The van der Waals surface area contributed by atoms with Crippen LogP contribution in [0, 0.1) is 0 Å². The molecule has 0 saturated carbocycles. The van der Waals surface area contributed by atoms with Gasteiger partial charge in [0.1, 0.15) is 5.57 Å². The van der Waals surface area contributed by atoms with Crippen molar-refractivity contribution in [2.24, 2.45) is 0 Å². The fourth-order valence-corrected chi connectivity index (χ4v) is 4.79. The molecule has 0 aliphatic heterocycles. The van der Waals surface area contributed by atoms with Gasteiger partial charge < -0.3 is 15.1 Å². The topological polar surface area (TPSA) is 77.8 Å². The van der Waals surface area contributed by atoms with Gasteiger partial charge in [-0.05, 0) is 70.3 Å². The van der Waals surface area contributed by atoms with E-state index in [0.717, 1.165) is 39.8 Å². The van der Waals surface area contributed by atoms with Gasteiger partial charge in [-0.2, -0.15) is 0 Å². The number of rotatable bonds is 11. The Labute approximate surface area is 262 Å². The lowest BCUT2D eigenvalue weighted by Crippen LogP contribution is -2.10. The third-order valence-electron chi connectivity index (χ3n) is 7.07. The van der Waals surface area contributed by atoms with Crippen molar-refractivity contribution in [1.29, 1.82) is 0 Å². The summed E-state index contributed by atoms with van der Waals surface area (Å²) >= 11 is 0. The van der Waals surface area contributed by atoms with Gasteiger partial charge >= 0.3 is 11.9 Å². The minimum atomic E-state index is -1.48. The van der Waals surface area contributed by atoms with Gasteiger partial charge in [-0.25, -0.2) is 9.59 Å². The molecule has 0 heterocycles. The van der Waals surface area contributed by atoms with Crippen LogP contribution in [0.15, 0.2) is 175 Å². The molecular weight excluding hydrogens is 558 g/mol. The molecule has 0 aliphatic carbocycles. The summed E-state index contributed by atoms with van der Waals surface area (Å²) in [5.41, 5.74) is 8.07.